The van der Waals surface area contributed by atoms with Gasteiger partial charge in [-0.1, -0.05) is 71.8 Å². The van der Waals surface area contributed by atoms with Crippen LogP contribution < -0.4 is 0 Å². The Morgan fingerprint density at radius 1 is 0.958 bits per heavy atom. The molecule has 0 bridgehead atoms. The lowest BCUT2D eigenvalue weighted by atomic mass is 10.1. The van der Waals surface area contributed by atoms with Gasteiger partial charge in [-0.2, -0.15) is 5.26 Å². The van der Waals surface area contributed by atoms with Crippen LogP contribution in [0.1, 0.15) is 22.3 Å². The highest BCUT2D eigenvalue weighted by atomic mass is 35.5. The highest BCUT2D eigenvalue weighted by Crippen LogP contribution is 2.35. The number of halogens is 2. The molecule has 1 heterocycles. The van der Waals surface area contributed by atoms with Crippen molar-refractivity contribution in [2.24, 2.45) is 0 Å². The second-order valence-electron chi connectivity index (χ2n) is 5.20. The molecule has 2 aromatic carbocycles. The summed E-state index contributed by atoms with van der Waals surface area (Å²) < 4.78 is 0.448. The van der Waals surface area contributed by atoms with Gasteiger partial charge in [-0.25, -0.2) is 4.98 Å². The molecule has 0 fully saturated rings. The summed E-state index contributed by atoms with van der Waals surface area (Å²) >= 11 is 12.9. The van der Waals surface area contributed by atoms with Crippen LogP contribution in [0.5, 0.6) is 0 Å². The van der Waals surface area contributed by atoms with Gasteiger partial charge in [0.05, 0.1) is 18.0 Å². The molecule has 0 spiro atoms. The maximum absolute atomic E-state index is 8.80. The molecule has 0 aliphatic heterocycles. The maximum atomic E-state index is 8.80. The zero-order chi connectivity index (χ0) is 17.0. The van der Waals surface area contributed by atoms with Crippen molar-refractivity contribution >= 4 is 35.4 Å². The molecule has 1 aromatic heterocycles. The Morgan fingerprint density at radius 3 is 2.04 bits per heavy atom. The van der Waals surface area contributed by atoms with Gasteiger partial charge in [0.1, 0.15) is 0 Å². The van der Waals surface area contributed by atoms with Gasteiger partial charge in [0.15, 0.2) is 0 Å². The number of hydrogen-bond donors (Lipinski definition) is 0. The van der Waals surface area contributed by atoms with E-state index in [0.29, 0.717) is 5.56 Å². The number of aromatic nitrogens is 2. The molecule has 0 unspecified atom stereocenters. The predicted octanol–water partition coefficient (Wildman–Crippen LogP) is 5.06. The minimum Gasteiger partial charge on any atom is -0.301 e. The molecule has 24 heavy (non-hydrogen) atoms. The van der Waals surface area contributed by atoms with E-state index in [1.54, 1.807) is 35.4 Å². The molecular weight excluding hydrogens is 341 g/mol. The van der Waals surface area contributed by atoms with Crippen LogP contribution in [0.25, 0.3) is 12.2 Å². The average Bonchev–Trinajstić information content (AvgIpc) is 3.16. The van der Waals surface area contributed by atoms with Crippen LogP contribution in [0.2, 0.25) is 0 Å². The molecule has 0 radical (unpaired) electrons. The highest BCUT2D eigenvalue weighted by molar-refractivity contribution is 6.47. The van der Waals surface area contributed by atoms with Crippen molar-refractivity contribution in [3.05, 3.63) is 89.5 Å². The molecule has 3 nitrogen and oxygen atoms in total. The fraction of sp³-hybridized carbons (Fsp3) is 0.0526. The van der Waals surface area contributed by atoms with Crippen molar-refractivity contribution in [2.45, 2.75) is 4.46 Å². The van der Waals surface area contributed by atoms with Crippen molar-refractivity contribution < 1.29 is 0 Å². The molecule has 0 saturated heterocycles. The third kappa shape index (κ3) is 3.51. The van der Waals surface area contributed by atoms with Crippen LogP contribution in [-0.2, 0) is 4.46 Å². The number of hydrogen-bond acceptors (Lipinski definition) is 2. The van der Waals surface area contributed by atoms with E-state index in [2.05, 4.69) is 11.1 Å². The molecule has 3 rings (SSSR count). The Bertz CT molecular complexity index is 872. The average molecular weight is 354 g/mol. The van der Waals surface area contributed by atoms with Gasteiger partial charge in [0.2, 0.25) is 4.46 Å². The molecular formula is C19H13Cl2N3. The zero-order valence-electron chi connectivity index (χ0n) is 12.6. The smallest absolute Gasteiger partial charge is 0.221 e. The van der Waals surface area contributed by atoms with Gasteiger partial charge in [0, 0.05) is 18.0 Å². The van der Waals surface area contributed by atoms with E-state index in [0.717, 1.165) is 16.7 Å². The number of benzene rings is 2. The van der Waals surface area contributed by atoms with Crippen molar-refractivity contribution in [2.75, 3.05) is 0 Å². The summed E-state index contributed by atoms with van der Waals surface area (Å²) in [6.07, 6.45) is 8.92. The minimum atomic E-state index is -1.19. The lowest BCUT2D eigenvalue weighted by molar-refractivity contribution is 0.695. The van der Waals surface area contributed by atoms with Crippen LogP contribution in [0.3, 0.4) is 0 Å². The Morgan fingerprint density at radius 2 is 1.54 bits per heavy atom. The van der Waals surface area contributed by atoms with Crippen LogP contribution in [0.4, 0.5) is 0 Å². The Kier molecular flexibility index (Phi) is 4.71. The van der Waals surface area contributed by atoms with Crippen molar-refractivity contribution in [3.8, 4) is 6.07 Å². The highest BCUT2D eigenvalue weighted by Gasteiger charge is 2.27. The maximum Gasteiger partial charge on any atom is 0.221 e. The zero-order valence-corrected chi connectivity index (χ0v) is 14.1. The summed E-state index contributed by atoms with van der Waals surface area (Å²) in [5.41, 5.74) is 3.47. The van der Waals surface area contributed by atoms with E-state index in [4.69, 9.17) is 28.5 Å². The largest absolute Gasteiger partial charge is 0.301 e. The van der Waals surface area contributed by atoms with E-state index in [-0.39, 0.29) is 0 Å². The number of rotatable bonds is 4. The third-order valence-electron chi connectivity index (χ3n) is 3.59. The van der Waals surface area contributed by atoms with Crippen LogP contribution in [0.15, 0.2) is 67.3 Å². The fourth-order valence-electron chi connectivity index (χ4n) is 2.23. The lowest BCUT2D eigenvalue weighted by Gasteiger charge is -2.21. The van der Waals surface area contributed by atoms with E-state index in [1.165, 1.54) is 0 Å². The van der Waals surface area contributed by atoms with Gasteiger partial charge < -0.3 is 4.57 Å². The van der Waals surface area contributed by atoms with Crippen molar-refractivity contribution in [1.82, 2.24) is 9.55 Å². The second kappa shape index (κ2) is 6.92. The van der Waals surface area contributed by atoms with E-state index in [9.17, 15) is 0 Å². The lowest BCUT2D eigenvalue weighted by Crippen LogP contribution is -2.20. The summed E-state index contributed by atoms with van der Waals surface area (Å²) in [7, 11) is 0. The number of imidazole rings is 1. The predicted molar refractivity (Wildman–Crippen MR) is 97.5 cm³/mol. The van der Waals surface area contributed by atoms with E-state index < -0.39 is 4.46 Å². The van der Waals surface area contributed by atoms with Gasteiger partial charge in [-0.15, -0.1) is 0 Å². The van der Waals surface area contributed by atoms with Crippen molar-refractivity contribution in [1.29, 1.82) is 5.26 Å². The first-order valence-corrected chi connectivity index (χ1v) is 8.00. The second-order valence-corrected chi connectivity index (χ2v) is 6.49. The van der Waals surface area contributed by atoms with Crippen molar-refractivity contribution in [3.63, 3.8) is 0 Å². The van der Waals surface area contributed by atoms with E-state index >= 15 is 0 Å². The third-order valence-corrected chi connectivity index (χ3v) is 4.42. The number of nitrogens with zero attached hydrogens (tertiary/aromatic N) is 3. The molecule has 5 heteroatoms. The van der Waals surface area contributed by atoms with Crippen LogP contribution in [-0.4, -0.2) is 9.55 Å². The molecule has 0 N–H and O–H groups in total. The van der Waals surface area contributed by atoms with Crippen LogP contribution >= 0.6 is 23.2 Å². The molecule has 118 valence electrons. The molecule has 0 atom stereocenters. The monoisotopic (exact) mass is 353 g/mol. The normalized spacial score (nSPS) is 11.5. The quantitative estimate of drug-likeness (QED) is 0.485. The fourth-order valence-corrected chi connectivity index (χ4v) is 2.68. The molecule has 0 amide bonds. The van der Waals surface area contributed by atoms with Gasteiger partial charge in [0.25, 0.3) is 0 Å². The van der Waals surface area contributed by atoms with Crippen LogP contribution in [0, 0.1) is 11.3 Å². The minimum absolute atomic E-state index is 0.650. The molecule has 0 saturated carbocycles. The standard InChI is InChI=1S/C19H13Cl2N3/c20-19(21,24-12-11-23-14-24)18-9-7-16(8-10-18)2-1-15-3-5-17(13-22)6-4-15/h1-12,14H. The number of nitriles is 1. The van der Waals surface area contributed by atoms with Gasteiger partial charge in [-0.05, 0) is 23.3 Å². The van der Waals surface area contributed by atoms with Gasteiger partial charge >= 0.3 is 0 Å². The topological polar surface area (TPSA) is 41.6 Å². The molecule has 3 aromatic rings. The van der Waals surface area contributed by atoms with Gasteiger partial charge in [-0.3, -0.25) is 0 Å². The Balaban J connectivity index is 1.77. The SMILES string of the molecule is N#Cc1ccc(C=Cc2ccc(C(Cl)(Cl)n3ccnc3)cc2)cc1. The Hall–Kier alpha value is -2.54. The first-order valence-electron chi connectivity index (χ1n) is 7.24. The van der Waals surface area contributed by atoms with E-state index in [1.807, 2.05) is 48.6 Å². The first kappa shape index (κ1) is 16.3. The summed E-state index contributed by atoms with van der Waals surface area (Å²) in [4.78, 5) is 3.97. The first-order chi connectivity index (χ1) is 11.6. The summed E-state index contributed by atoms with van der Waals surface area (Å²) in [6.45, 7) is 0. The number of alkyl halides is 2. The Labute approximate surface area is 150 Å². The molecule has 0 aliphatic rings. The summed E-state index contributed by atoms with van der Waals surface area (Å²) in [5, 5.41) is 8.80. The summed E-state index contributed by atoms with van der Waals surface area (Å²) in [6, 6.07) is 17.2. The summed E-state index contributed by atoms with van der Waals surface area (Å²) in [5.74, 6) is 0. The molecule has 0 aliphatic carbocycles.